The molecule has 1 unspecified atom stereocenters. The molecule has 0 bridgehead atoms. The van der Waals surface area contributed by atoms with Crippen molar-refractivity contribution in [1.29, 1.82) is 0 Å². The van der Waals surface area contributed by atoms with Crippen LogP contribution in [0.25, 0.3) is 0 Å². The van der Waals surface area contributed by atoms with Crippen molar-refractivity contribution < 1.29 is 4.79 Å². The van der Waals surface area contributed by atoms with Crippen LogP contribution >= 0.6 is 0 Å². The highest BCUT2D eigenvalue weighted by Crippen LogP contribution is 2.28. The molecule has 0 heterocycles. The summed E-state index contributed by atoms with van der Waals surface area (Å²) in [6.45, 7) is 5.28. The molecular weight excluding hydrogens is 250 g/mol. The number of likely N-dealkylation sites (N-methyl/N-ethyl adjacent to an activating group) is 1. The van der Waals surface area contributed by atoms with Crippen molar-refractivity contribution >= 4 is 5.91 Å². The van der Waals surface area contributed by atoms with E-state index in [2.05, 4.69) is 24.1 Å². The fraction of sp³-hybridized carbons (Fsp3) is 0.938. The van der Waals surface area contributed by atoms with Crippen LogP contribution < -0.4 is 11.1 Å². The van der Waals surface area contributed by atoms with Crippen molar-refractivity contribution in [3.05, 3.63) is 0 Å². The minimum Gasteiger partial charge on any atom is -0.352 e. The van der Waals surface area contributed by atoms with Crippen LogP contribution in [0.5, 0.6) is 0 Å². The van der Waals surface area contributed by atoms with Crippen molar-refractivity contribution in [2.75, 3.05) is 20.6 Å². The van der Waals surface area contributed by atoms with Crippen LogP contribution in [0.4, 0.5) is 0 Å². The van der Waals surface area contributed by atoms with Crippen LogP contribution in [0.1, 0.15) is 58.8 Å². The molecule has 4 heteroatoms. The van der Waals surface area contributed by atoms with E-state index in [9.17, 15) is 4.79 Å². The Morgan fingerprint density at radius 3 is 2.35 bits per heavy atom. The van der Waals surface area contributed by atoms with Gasteiger partial charge in [0.05, 0.1) is 0 Å². The van der Waals surface area contributed by atoms with Gasteiger partial charge in [0, 0.05) is 24.5 Å². The summed E-state index contributed by atoms with van der Waals surface area (Å²) in [7, 11) is 4.09. The molecule has 1 amide bonds. The minimum atomic E-state index is -0.261. The molecule has 0 spiro atoms. The Balaban J connectivity index is 2.47. The van der Waals surface area contributed by atoms with Gasteiger partial charge in [0.25, 0.3) is 0 Å². The molecule has 20 heavy (non-hydrogen) atoms. The third kappa shape index (κ3) is 6.71. The molecule has 1 saturated carbocycles. The lowest BCUT2D eigenvalue weighted by molar-refractivity contribution is -0.123. The van der Waals surface area contributed by atoms with E-state index in [0.29, 0.717) is 12.3 Å². The average molecular weight is 283 g/mol. The first-order valence-electron chi connectivity index (χ1n) is 8.04. The first kappa shape index (κ1) is 17.4. The Kier molecular flexibility index (Phi) is 6.96. The molecule has 1 rings (SSSR count). The van der Waals surface area contributed by atoms with Crippen LogP contribution in [0, 0.1) is 5.92 Å². The predicted molar refractivity (Wildman–Crippen MR) is 84.6 cm³/mol. The highest BCUT2D eigenvalue weighted by molar-refractivity contribution is 5.77. The van der Waals surface area contributed by atoms with Gasteiger partial charge in [-0.3, -0.25) is 4.79 Å². The van der Waals surface area contributed by atoms with Crippen LogP contribution in [0.3, 0.4) is 0 Å². The second-order valence-corrected chi connectivity index (χ2v) is 7.26. The van der Waals surface area contributed by atoms with Gasteiger partial charge in [0.1, 0.15) is 0 Å². The van der Waals surface area contributed by atoms with Gasteiger partial charge in [-0.05, 0) is 39.3 Å². The zero-order valence-electron chi connectivity index (χ0n) is 13.7. The molecule has 0 aromatic carbocycles. The molecule has 1 aliphatic carbocycles. The Bertz CT molecular complexity index is 286. The van der Waals surface area contributed by atoms with Crippen LogP contribution in [0.2, 0.25) is 0 Å². The van der Waals surface area contributed by atoms with E-state index in [-0.39, 0.29) is 17.5 Å². The van der Waals surface area contributed by atoms with Crippen LogP contribution in [-0.2, 0) is 4.79 Å². The number of nitrogens with zero attached hydrogens (tertiary/aromatic N) is 1. The molecule has 0 saturated heterocycles. The summed E-state index contributed by atoms with van der Waals surface area (Å²) in [5.74, 6) is 0.712. The molecular formula is C16H33N3O. The monoisotopic (exact) mass is 283 g/mol. The van der Waals surface area contributed by atoms with Gasteiger partial charge in [-0.1, -0.05) is 33.1 Å². The van der Waals surface area contributed by atoms with Crippen molar-refractivity contribution in [2.24, 2.45) is 11.7 Å². The van der Waals surface area contributed by atoms with Gasteiger partial charge in [-0.2, -0.15) is 0 Å². The smallest absolute Gasteiger partial charge is 0.222 e. The fourth-order valence-electron chi connectivity index (χ4n) is 3.22. The van der Waals surface area contributed by atoms with E-state index in [4.69, 9.17) is 5.73 Å². The molecule has 118 valence electrons. The van der Waals surface area contributed by atoms with Gasteiger partial charge >= 0.3 is 0 Å². The lowest BCUT2D eigenvalue weighted by Crippen LogP contribution is -2.49. The quantitative estimate of drug-likeness (QED) is 0.752. The van der Waals surface area contributed by atoms with Crippen molar-refractivity contribution in [1.82, 2.24) is 10.2 Å². The largest absolute Gasteiger partial charge is 0.352 e. The Hall–Kier alpha value is -0.610. The van der Waals surface area contributed by atoms with Gasteiger partial charge in [0.2, 0.25) is 5.91 Å². The molecule has 1 atom stereocenters. The summed E-state index contributed by atoms with van der Waals surface area (Å²) in [5.41, 5.74) is 6.11. The molecule has 3 N–H and O–H groups in total. The van der Waals surface area contributed by atoms with E-state index in [1.165, 1.54) is 6.42 Å². The number of hydrogen-bond donors (Lipinski definition) is 2. The first-order chi connectivity index (χ1) is 9.31. The second-order valence-electron chi connectivity index (χ2n) is 7.26. The molecule has 0 aliphatic heterocycles. The normalized spacial score (nSPS) is 20.1. The zero-order valence-corrected chi connectivity index (χ0v) is 13.7. The molecule has 1 aliphatic rings. The van der Waals surface area contributed by atoms with E-state index >= 15 is 0 Å². The lowest BCUT2D eigenvalue weighted by atomic mass is 9.80. The van der Waals surface area contributed by atoms with E-state index in [1.54, 1.807) is 0 Å². The highest BCUT2D eigenvalue weighted by atomic mass is 16.1. The highest BCUT2D eigenvalue weighted by Gasteiger charge is 2.30. The van der Waals surface area contributed by atoms with Gasteiger partial charge in [-0.25, -0.2) is 0 Å². The minimum absolute atomic E-state index is 0.127. The summed E-state index contributed by atoms with van der Waals surface area (Å²) in [6, 6.07) is 0.227. The summed E-state index contributed by atoms with van der Waals surface area (Å²) < 4.78 is 0. The summed E-state index contributed by atoms with van der Waals surface area (Å²) in [5, 5.41) is 3.19. The van der Waals surface area contributed by atoms with Crippen LogP contribution in [-0.4, -0.2) is 43.0 Å². The Labute approximate surface area is 124 Å². The topological polar surface area (TPSA) is 58.4 Å². The van der Waals surface area contributed by atoms with Crippen molar-refractivity contribution in [2.45, 2.75) is 70.4 Å². The maximum atomic E-state index is 12.3. The second kappa shape index (κ2) is 7.99. The third-order valence-electron chi connectivity index (χ3n) is 4.07. The zero-order chi connectivity index (χ0) is 15.2. The van der Waals surface area contributed by atoms with E-state index < -0.39 is 0 Å². The number of rotatable bonds is 7. The van der Waals surface area contributed by atoms with E-state index in [1.807, 2.05) is 14.1 Å². The molecule has 0 aromatic heterocycles. The summed E-state index contributed by atoms with van der Waals surface area (Å²) in [6.07, 6.45) is 7.06. The SMILES string of the molecule is CC(C)CC(CN(C)C)NC(=O)CC1(N)CCCCC1. The molecule has 1 fully saturated rings. The third-order valence-corrected chi connectivity index (χ3v) is 4.07. The Morgan fingerprint density at radius 2 is 1.85 bits per heavy atom. The maximum absolute atomic E-state index is 12.3. The fourth-order valence-corrected chi connectivity index (χ4v) is 3.22. The number of nitrogens with one attached hydrogen (secondary N) is 1. The van der Waals surface area contributed by atoms with E-state index in [0.717, 1.165) is 38.6 Å². The number of hydrogen-bond acceptors (Lipinski definition) is 3. The summed E-state index contributed by atoms with van der Waals surface area (Å²) >= 11 is 0. The standard InChI is InChI=1S/C16H33N3O/c1-13(2)10-14(12-19(3)4)18-15(20)11-16(17)8-6-5-7-9-16/h13-14H,5-12,17H2,1-4H3,(H,18,20). The molecule has 4 nitrogen and oxygen atoms in total. The van der Waals surface area contributed by atoms with Gasteiger partial charge in [0.15, 0.2) is 0 Å². The maximum Gasteiger partial charge on any atom is 0.222 e. The van der Waals surface area contributed by atoms with Crippen LogP contribution in [0.15, 0.2) is 0 Å². The predicted octanol–water partition coefficient (Wildman–Crippen LogP) is 2.13. The first-order valence-corrected chi connectivity index (χ1v) is 8.04. The molecule has 0 aromatic rings. The molecule has 0 radical (unpaired) electrons. The number of carbonyl (C=O) groups is 1. The van der Waals surface area contributed by atoms with Gasteiger partial charge in [-0.15, -0.1) is 0 Å². The Morgan fingerprint density at radius 1 is 1.25 bits per heavy atom. The number of carbonyl (C=O) groups excluding carboxylic acids is 1. The average Bonchev–Trinajstić information content (AvgIpc) is 2.26. The van der Waals surface area contributed by atoms with Gasteiger partial charge < -0.3 is 16.0 Å². The lowest BCUT2D eigenvalue weighted by Gasteiger charge is -2.33. The van der Waals surface area contributed by atoms with Crippen molar-refractivity contribution in [3.8, 4) is 0 Å². The summed E-state index contributed by atoms with van der Waals surface area (Å²) in [4.78, 5) is 14.4. The van der Waals surface area contributed by atoms with Crippen molar-refractivity contribution in [3.63, 3.8) is 0 Å². The number of amides is 1. The number of nitrogens with two attached hydrogens (primary N) is 1.